The Morgan fingerprint density at radius 2 is 1.95 bits per heavy atom. The minimum absolute atomic E-state index is 0.183. The number of carbonyl (C=O) groups is 1. The summed E-state index contributed by atoms with van der Waals surface area (Å²) < 4.78 is 10.7. The molecule has 108 valence electrons. The third-order valence-corrected chi connectivity index (χ3v) is 3.17. The van der Waals surface area contributed by atoms with Crippen LogP contribution in [0.25, 0.3) is 0 Å². The fourth-order valence-electron chi connectivity index (χ4n) is 1.71. The van der Waals surface area contributed by atoms with Gasteiger partial charge >= 0.3 is 5.97 Å². The van der Waals surface area contributed by atoms with E-state index in [0.29, 0.717) is 13.2 Å². The smallest absolute Gasteiger partial charge is 0.325 e. The van der Waals surface area contributed by atoms with Crippen molar-refractivity contribution in [2.75, 3.05) is 13.2 Å². The van der Waals surface area contributed by atoms with Crippen LogP contribution in [-0.4, -0.2) is 24.7 Å². The molecular formula is C15H25NO3. The zero-order valence-corrected chi connectivity index (χ0v) is 12.8. The number of hydrogen-bond donors (Lipinski definition) is 1. The van der Waals surface area contributed by atoms with Crippen LogP contribution >= 0.6 is 0 Å². The molecule has 0 unspecified atom stereocenters. The predicted molar refractivity (Wildman–Crippen MR) is 75.2 cm³/mol. The molecule has 1 aromatic heterocycles. The highest BCUT2D eigenvalue weighted by molar-refractivity contribution is 5.79. The number of esters is 1. The maximum atomic E-state index is 11.8. The first-order valence-electron chi connectivity index (χ1n) is 6.68. The van der Waals surface area contributed by atoms with Crippen molar-refractivity contribution in [1.82, 2.24) is 5.32 Å². The Morgan fingerprint density at radius 1 is 1.32 bits per heavy atom. The maximum Gasteiger partial charge on any atom is 0.325 e. The Morgan fingerprint density at radius 3 is 2.42 bits per heavy atom. The van der Waals surface area contributed by atoms with Crippen molar-refractivity contribution >= 4 is 5.97 Å². The van der Waals surface area contributed by atoms with E-state index < -0.39 is 5.54 Å². The largest absolute Gasteiger partial charge is 0.466 e. The van der Waals surface area contributed by atoms with Crippen LogP contribution in [0.1, 0.15) is 46.1 Å². The minimum Gasteiger partial charge on any atom is -0.466 e. The zero-order valence-electron chi connectivity index (χ0n) is 12.8. The SMILES string of the molecule is CCOC(=O)C(C)(C)NCC(C)(C)c1ccc(C)o1. The van der Waals surface area contributed by atoms with E-state index in [-0.39, 0.29) is 11.4 Å². The Balaban J connectivity index is 2.67. The van der Waals surface area contributed by atoms with Crippen LogP contribution in [0, 0.1) is 6.92 Å². The van der Waals surface area contributed by atoms with E-state index in [1.54, 1.807) is 0 Å². The summed E-state index contributed by atoms with van der Waals surface area (Å²) in [6, 6.07) is 3.93. The lowest BCUT2D eigenvalue weighted by atomic mass is 9.89. The molecule has 0 spiro atoms. The Hall–Kier alpha value is -1.29. The summed E-state index contributed by atoms with van der Waals surface area (Å²) in [5.74, 6) is 1.58. The second-order valence-corrected chi connectivity index (χ2v) is 5.99. The van der Waals surface area contributed by atoms with Crippen LogP contribution in [0.5, 0.6) is 0 Å². The summed E-state index contributed by atoms with van der Waals surface area (Å²) in [5, 5.41) is 3.26. The van der Waals surface area contributed by atoms with Gasteiger partial charge in [0.25, 0.3) is 0 Å². The van der Waals surface area contributed by atoms with Gasteiger partial charge in [0.2, 0.25) is 0 Å². The summed E-state index contributed by atoms with van der Waals surface area (Å²) in [7, 11) is 0. The van der Waals surface area contributed by atoms with Gasteiger partial charge in [-0.25, -0.2) is 0 Å². The van der Waals surface area contributed by atoms with E-state index in [9.17, 15) is 4.79 Å². The molecule has 0 aliphatic rings. The lowest BCUT2D eigenvalue weighted by Crippen LogP contribution is -2.51. The van der Waals surface area contributed by atoms with E-state index in [0.717, 1.165) is 11.5 Å². The van der Waals surface area contributed by atoms with Gasteiger partial charge in [0, 0.05) is 12.0 Å². The zero-order chi connectivity index (χ0) is 14.7. The number of furan rings is 1. The van der Waals surface area contributed by atoms with Gasteiger partial charge in [0.05, 0.1) is 6.61 Å². The average Bonchev–Trinajstić information content (AvgIpc) is 2.75. The van der Waals surface area contributed by atoms with Crippen LogP contribution in [0.4, 0.5) is 0 Å². The van der Waals surface area contributed by atoms with Crippen LogP contribution < -0.4 is 5.32 Å². The Bertz CT molecular complexity index is 432. The number of ether oxygens (including phenoxy) is 1. The molecule has 1 rings (SSSR count). The van der Waals surface area contributed by atoms with Gasteiger partial charge in [0.1, 0.15) is 17.1 Å². The van der Waals surface area contributed by atoms with Crippen molar-refractivity contribution in [3.05, 3.63) is 23.7 Å². The first-order chi connectivity index (χ1) is 8.69. The lowest BCUT2D eigenvalue weighted by molar-refractivity contribution is -0.149. The summed E-state index contributed by atoms with van der Waals surface area (Å²) in [4.78, 5) is 11.8. The van der Waals surface area contributed by atoms with Crippen LogP contribution in [0.15, 0.2) is 16.5 Å². The fraction of sp³-hybridized carbons (Fsp3) is 0.667. The van der Waals surface area contributed by atoms with Crippen molar-refractivity contribution in [2.45, 2.75) is 52.5 Å². The van der Waals surface area contributed by atoms with Crippen molar-refractivity contribution in [3.63, 3.8) is 0 Å². The molecule has 0 fully saturated rings. The molecule has 0 aromatic carbocycles. The van der Waals surface area contributed by atoms with Gasteiger partial charge < -0.3 is 14.5 Å². The predicted octanol–water partition coefficient (Wildman–Crippen LogP) is 2.80. The highest BCUT2D eigenvalue weighted by atomic mass is 16.5. The molecule has 4 nitrogen and oxygen atoms in total. The molecule has 0 radical (unpaired) electrons. The molecule has 0 aliphatic heterocycles. The Kier molecular flexibility index (Phi) is 4.80. The van der Waals surface area contributed by atoms with E-state index >= 15 is 0 Å². The lowest BCUT2D eigenvalue weighted by Gasteiger charge is -2.30. The van der Waals surface area contributed by atoms with Crippen molar-refractivity contribution in [2.24, 2.45) is 0 Å². The molecule has 1 N–H and O–H groups in total. The number of hydrogen-bond acceptors (Lipinski definition) is 4. The monoisotopic (exact) mass is 267 g/mol. The first kappa shape index (κ1) is 15.8. The normalized spacial score (nSPS) is 12.5. The molecule has 0 aliphatic carbocycles. The second-order valence-electron chi connectivity index (χ2n) is 5.99. The fourth-order valence-corrected chi connectivity index (χ4v) is 1.71. The number of rotatable bonds is 6. The van der Waals surface area contributed by atoms with E-state index in [4.69, 9.17) is 9.15 Å². The maximum absolute atomic E-state index is 11.8. The molecule has 0 bridgehead atoms. The summed E-state index contributed by atoms with van der Waals surface area (Å²) in [6.45, 7) is 12.6. The second kappa shape index (κ2) is 5.78. The molecule has 1 aromatic rings. The molecule has 0 atom stereocenters. The molecule has 0 saturated carbocycles. The average molecular weight is 267 g/mol. The topological polar surface area (TPSA) is 51.5 Å². The van der Waals surface area contributed by atoms with Gasteiger partial charge in [0.15, 0.2) is 0 Å². The third-order valence-electron chi connectivity index (χ3n) is 3.17. The van der Waals surface area contributed by atoms with Crippen molar-refractivity contribution < 1.29 is 13.9 Å². The molecule has 19 heavy (non-hydrogen) atoms. The summed E-state index contributed by atoms with van der Waals surface area (Å²) in [6.07, 6.45) is 0. The quantitative estimate of drug-likeness (QED) is 0.805. The van der Waals surface area contributed by atoms with Crippen LogP contribution in [0.2, 0.25) is 0 Å². The van der Waals surface area contributed by atoms with Gasteiger partial charge in [-0.05, 0) is 39.8 Å². The molecule has 0 amide bonds. The minimum atomic E-state index is -0.699. The van der Waals surface area contributed by atoms with Crippen molar-refractivity contribution in [1.29, 1.82) is 0 Å². The first-order valence-corrected chi connectivity index (χ1v) is 6.68. The molecule has 0 saturated heterocycles. The van der Waals surface area contributed by atoms with Gasteiger partial charge in [-0.15, -0.1) is 0 Å². The molecule has 1 heterocycles. The summed E-state index contributed by atoms with van der Waals surface area (Å²) >= 11 is 0. The van der Waals surface area contributed by atoms with Gasteiger partial charge in [-0.3, -0.25) is 4.79 Å². The van der Waals surface area contributed by atoms with E-state index in [2.05, 4.69) is 19.2 Å². The Labute approximate surface area is 115 Å². The number of carbonyl (C=O) groups excluding carboxylic acids is 1. The highest BCUT2D eigenvalue weighted by Gasteiger charge is 2.32. The highest BCUT2D eigenvalue weighted by Crippen LogP contribution is 2.25. The standard InChI is InChI=1S/C15H25NO3/c1-7-18-13(17)15(5,6)16-10-14(3,4)12-9-8-11(2)19-12/h8-9,16H,7,10H2,1-6H3. The summed E-state index contributed by atoms with van der Waals surface area (Å²) in [5.41, 5.74) is -0.882. The van der Waals surface area contributed by atoms with Crippen LogP contribution in [0.3, 0.4) is 0 Å². The molecular weight excluding hydrogens is 242 g/mol. The van der Waals surface area contributed by atoms with Gasteiger partial charge in [-0.1, -0.05) is 13.8 Å². The number of nitrogens with one attached hydrogen (secondary N) is 1. The van der Waals surface area contributed by atoms with Crippen molar-refractivity contribution in [3.8, 4) is 0 Å². The van der Waals surface area contributed by atoms with Crippen LogP contribution in [-0.2, 0) is 14.9 Å². The van der Waals surface area contributed by atoms with E-state index in [1.165, 1.54) is 0 Å². The number of aryl methyl sites for hydroxylation is 1. The van der Waals surface area contributed by atoms with E-state index in [1.807, 2.05) is 39.8 Å². The molecule has 4 heteroatoms. The third kappa shape index (κ3) is 4.10. The van der Waals surface area contributed by atoms with Gasteiger partial charge in [-0.2, -0.15) is 0 Å².